The number of aryl methyl sites for hydroxylation is 1. The Balaban J connectivity index is 1.61. The lowest BCUT2D eigenvalue weighted by Crippen LogP contribution is -2.58. The van der Waals surface area contributed by atoms with Crippen LogP contribution in [0.1, 0.15) is 28.8 Å². The molecule has 1 aromatic carbocycles. The van der Waals surface area contributed by atoms with E-state index in [1.807, 2.05) is 16.5 Å². The molecule has 5 heterocycles. The summed E-state index contributed by atoms with van der Waals surface area (Å²) in [5, 5.41) is 0.941. The number of amides is 1. The summed E-state index contributed by atoms with van der Waals surface area (Å²) < 4.78 is 15.9. The molecule has 0 N–H and O–H groups in total. The zero-order valence-corrected chi connectivity index (χ0v) is 13.3. The summed E-state index contributed by atoms with van der Waals surface area (Å²) >= 11 is 0. The van der Waals surface area contributed by atoms with Gasteiger partial charge in [-0.1, -0.05) is 0 Å². The van der Waals surface area contributed by atoms with Crippen molar-refractivity contribution in [1.29, 1.82) is 0 Å². The Hall–Kier alpha value is -1.88. The molecule has 5 heteroatoms. The Morgan fingerprint density at radius 2 is 2.00 bits per heavy atom. The van der Waals surface area contributed by atoms with Crippen LogP contribution in [0.4, 0.5) is 4.39 Å². The van der Waals surface area contributed by atoms with Gasteiger partial charge in [-0.25, -0.2) is 4.39 Å². The van der Waals surface area contributed by atoms with E-state index < -0.39 is 0 Å². The third-order valence-corrected chi connectivity index (χ3v) is 5.99. The topological polar surface area (TPSA) is 28.5 Å². The number of hydrogen-bond donors (Lipinski definition) is 0. The first kappa shape index (κ1) is 13.5. The van der Waals surface area contributed by atoms with Gasteiger partial charge in [-0.2, -0.15) is 0 Å². The maximum atomic E-state index is 14.0. The molecule has 0 unspecified atom stereocenters. The predicted octanol–water partition coefficient (Wildman–Crippen LogP) is 2.37. The minimum absolute atomic E-state index is 0.00644. The van der Waals surface area contributed by atoms with Crippen molar-refractivity contribution in [2.75, 3.05) is 19.6 Å². The third kappa shape index (κ3) is 1.83. The maximum absolute atomic E-state index is 14.0. The van der Waals surface area contributed by atoms with Gasteiger partial charge in [-0.15, -0.1) is 0 Å². The highest BCUT2D eigenvalue weighted by molar-refractivity contribution is 6.09. The Morgan fingerprint density at radius 1 is 1.22 bits per heavy atom. The smallest absolute Gasteiger partial charge is 0.255 e. The average Bonchev–Trinajstić information content (AvgIpc) is 2.88. The second-order valence-corrected chi connectivity index (χ2v) is 7.25. The molecule has 0 radical (unpaired) electrons. The van der Waals surface area contributed by atoms with E-state index in [0.717, 1.165) is 36.1 Å². The fourth-order valence-corrected chi connectivity index (χ4v) is 4.83. The first-order chi connectivity index (χ1) is 11.1. The molecular formula is C18H20FN3O. The molecule has 4 nitrogen and oxygen atoms in total. The van der Waals surface area contributed by atoms with Gasteiger partial charge in [0.15, 0.2) is 0 Å². The molecule has 0 aliphatic carbocycles. The van der Waals surface area contributed by atoms with Crippen LogP contribution >= 0.6 is 0 Å². The molecule has 4 aliphatic rings. The number of rotatable bonds is 1. The summed E-state index contributed by atoms with van der Waals surface area (Å²) in [6.07, 6.45) is 4.40. The van der Waals surface area contributed by atoms with Crippen molar-refractivity contribution in [2.24, 2.45) is 13.0 Å². The van der Waals surface area contributed by atoms with E-state index in [1.54, 1.807) is 0 Å². The van der Waals surface area contributed by atoms with Crippen molar-refractivity contribution >= 4 is 16.8 Å². The summed E-state index contributed by atoms with van der Waals surface area (Å²) in [6, 6.07) is 3.22. The number of halogens is 1. The van der Waals surface area contributed by atoms with E-state index in [0.29, 0.717) is 18.0 Å². The van der Waals surface area contributed by atoms with Crippen LogP contribution in [0.5, 0.6) is 0 Å². The lowest BCUT2D eigenvalue weighted by atomic mass is 9.82. The Morgan fingerprint density at radius 3 is 2.70 bits per heavy atom. The van der Waals surface area contributed by atoms with Crippen LogP contribution in [0, 0.1) is 11.7 Å². The fraction of sp³-hybridized carbons (Fsp3) is 0.500. The lowest BCUT2D eigenvalue weighted by Gasteiger charge is -2.49. The minimum Gasteiger partial charge on any atom is -0.350 e. The number of carbonyl (C=O) groups is 1. The van der Waals surface area contributed by atoms with Crippen molar-refractivity contribution in [3.8, 4) is 0 Å². The Bertz CT molecular complexity index is 819. The van der Waals surface area contributed by atoms with Crippen molar-refractivity contribution in [2.45, 2.75) is 25.4 Å². The molecule has 4 aliphatic heterocycles. The van der Waals surface area contributed by atoms with Gasteiger partial charge in [-0.3, -0.25) is 4.79 Å². The van der Waals surface area contributed by atoms with E-state index in [4.69, 9.17) is 0 Å². The maximum Gasteiger partial charge on any atom is 0.255 e. The Kier molecular flexibility index (Phi) is 2.69. The monoisotopic (exact) mass is 313 g/mol. The number of aromatic nitrogens is 1. The van der Waals surface area contributed by atoms with Gasteiger partial charge in [0, 0.05) is 37.8 Å². The van der Waals surface area contributed by atoms with Crippen LogP contribution in [-0.2, 0) is 13.6 Å². The molecule has 6 rings (SSSR count). The highest BCUT2D eigenvalue weighted by atomic mass is 19.1. The second kappa shape index (κ2) is 4.57. The first-order valence-corrected chi connectivity index (χ1v) is 8.42. The van der Waals surface area contributed by atoms with Crippen LogP contribution in [0.25, 0.3) is 10.9 Å². The van der Waals surface area contributed by atoms with Gasteiger partial charge >= 0.3 is 0 Å². The van der Waals surface area contributed by atoms with E-state index in [9.17, 15) is 9.18 Å². The van der Waals surface area contributed by atoms with E-state index in [1.165, 1.54) is 25.0 Å². The van der Waals surface area contributed by atoms with Crippen molar-refractivity contribution in [1.82, 2.24) is 14.4 Å². The molecule has 1 amide bonds. The molecule has 3 saturated heterocycles. The number of nitrogens with zero attached hydrogens (tertiary/aromatic N) is 3. The van der Waals surface area contributed by atoms with Crippen LogP contribution in [-0.4, -0.2) is 46.0 Å². The average molecular weight is 313 g/mol. The standard InChI is InChI=1S/C18H20FN3O/c1-20-8-12-9-22(16-10-21-4-2-11(16)3-5-21)18(23)14-6-13(19)7-15(20)17(12)14/h6-8,11,16H,2-5,9-10H2,1H3/t16-/m0/s1. The fourth-order valence-electron chi connectivity index (χ4n) is 4.83. The van der Waals surface area contributed by atoms with E-state index in [-0.39, 0.29) is 17.8 Å². The van der Waals surface area contributed by atoms with Gasteiger partial charge in [-0.05, 0) is 49.5 Å². The van der Waals surface area contributed by atoms with E-state index >= 15 is 0 Å². The lowest BCUT2D eigenvalue weighted by molar-refractivity contribution is 0.00404. The predicted molar refractivity (Wildman–Crippen MR) is 85.7 cm³/mol. The van der Waals surface area contributed by atoms with Crippen LogP contribution in [0.15, 0.2) is 18.3 Å². The quantitative estimate of drug-likeness (QED) is 0.809. The third-order valence-electron chi connectivity index (χ3n) is 5.99. The highest BCUT2D eigenvalue weighted by Crippen LogP contribution is 2.37. The number of carbonyl (C=O) groups excluding carboxylic acids is 1. The van der Waals surface area contributed by atoms with Gasteiger partial charge in [0.05, 0.1) is 11.1 Å². The van der Waals surface area contributed by atoms with E-state index in [2.05, 4.69) is 11.1 Å². The minimum atomic E-state index is -0.329. The highest BCUT2D eigenvalue weighted by Gasteiger charge is 2.41. The molecule has 23 heavy (non-hydrogen) atoms. The zero-order valence-electron chi connectivity index (χ0n) is 13.3. The summed E-state index contributed by atoms with van der Waals surface area (Å²) in [6.45, 7) is 3.94. The molecule has 2 aromatic rings. The summed E-state index contributed by atoms with van der Waals surface area (Å²) in [4.78, 5) is 17.5. The molecular weight excluding hydrogens is 293 g/mol. The molecule has 1 aromatic heterocycles. The normalized spacial score (nSPS) is 29.6. The second-order valence-electron chi connectivity index (χ2n) is 7.25. The van der Waals surface area contributed by atoms with Crippen LogP contribution < -0.4 is 0 Å². The number of benzene rings is 1. The molecule has 1 atom stereocenters. The van der Waals surface area contributed by atoms with Gasteiger partial charge < -0.3 is 14.4 Å². The molecule has 0 saturated carbocycles. The van der Waals surface area contributed by atoms with Gasteiger partial charge in [0.1, 0.15) is 5.82 Å². The molecule has 0 spiro atoms. The summed E-state index contributed by atoms with van der Waals surface area (Å²) in [5.74, 6) is 0.273. The number of piperidine rings is 3. The van der Waals surface area contributed by atoms with Crippen LogP contribution in [0.3, 0.4) is 0 Å². The van der Waals surface area contributed by atoms with Crippen molar-refractivity contribution < 1.29 is 9.18 Å². The molecule has 120 valence electrons. The van der Waals surface area contributed by atoms with Gasteiger partial charge in [0.2, 0.25) is 0 Å². The number of hydrogen-bond acceptors (Lipinski definition) is 2. The van der Waals surface area contributed by atoms with Crippen molar-refractivity contribution in [3.05, 3.63) is 35.3 Å². The van der Waals surface area contributed by atoms with Gasteiger partial charge in [0.25, 0.3) is 5.91 Å². The summed E-state index contributed by atoms with van der Waals surface area (Å²) in [7, 11) is 1.92. The molecule has 2 bridgehead atoms. The molecule has 3 fully saturated rings. The van der Waals surface area contributed by atoms with Crippen LogP contribution in [0.2, 0.25) is 0 Å². The summed E-state index contributed by atoms with van der Waals surface area (Å²) in [5.41, 5.74) is 2.50. The first-order valence-electron chi connectivity index (χ1n) is 8.42. The Labute approximate surface area is 134 Å². The SMILES string of the molecule is Cn1cc2c3c(cc(F)cc31)C(=O)N([C@H]1CN3CCC1CC3)C2. The largest absolute Gasteiger partial charge is 0.350 e. The number of fused-ring (bicyclic) bond motifs is 3. The zero-order chi connectivity index (χ0) is 15.7. The van der Waals surface area contributed by atoms with Crippen molar-refractivity contribution in [3.63, 3.8) is 0 Å².